The summed E-state index contributed by atoms with van der Waals surface area (Å²) in [5.74, 6) is 1.12. The molecule has 7 nitrogen and oxygen atoms in total. The molecule has 28 heavy (non-hydrogen) atoms. The van der Waals surface area contributed by atoms with Crippen LogP contribution in [-0.4, -0.2) is 96.0 Å². The fourth-order valence-electron chi connectivity index (χ4n) is 3.34. The van der Waals surface area contributed by atoms with E-state index in [1.54, 1.807) is 19.0 Å². The number of carbonyl (C=O) groups excluding carboxylic acids is 1. The largest absolute Gasteiger partial charge is 0.369 e. The Bertz CT molecular complexity index is 711. The highest BCUT2D eigenvalue weighted by Gasteiger charge is 2.20. The first kappa shape index (κ1) is 22.2. The lowest BCUT2D eigenvalue weighted by Crippen LogP contribution is -2.48. The van der Waals surface area contributed by atoms with Crippen LogP contribution in [0.2, 0.25) is 0 Å². The van der Waals surface area contributed by atoms with E-state index in [1.807, 2.05) is 0 Å². The summed E-state index contributed by atoms with van der Waals surface area (Å²) in [5, 5.41) is 0. The quantitative estimate of drug-likeness (QED) is 0.628. The fraction of sp³-hybridized carbons (Fsp3) is 0.619. The van der Waals surface area contributed by atoms with Crippen LogP contribution in [0.1, 0.15) is 24.1 Å². The van der Waals surface area contributed by atoms with Crippen molar-refractivity contribution in [1.82, 2.24) is 29.2 Å². The highest BCUT2D eigenvalue weighted by molar-refractivity contribution is 5.77. The third-order valence-corrected chi connectivity index (χ3v) is 5.19. The molecule has 0 atom stereocenters. The van der Waals surface area contributed by atoms with Crippen LogP contribution in [0.4, 0.5) is 0 Å². The van der Waals surface area contributed by atoms with Gasteiger partial charge in [-0.1, -0.05) is 13.5 Å². The molecule has 1 aromatic heterocycles. The molecule has 1 aliphatic heterocycles. The number of amides is 1. The summed E-state index contributed by atoms with van der Waals surface area (Å²) in [6, 6.07) is 0. The van der Waals surface area contributed by atoms with E-state index in [0.29, 0.717) is 6.54 Å². The van der Waals surface area contributed by atoms with Crippen LogP contribution in [0, 0.1) is 0 Å². The fourth-order valence-corrected chi connectivity index (χ4v) is 3.34. The van der Waals surface area contributed by atoms with E-state index < -0.39 is 0 Å². The molecule has 1 fully saturated rings. The predicted octanol–water partition coefficient (Wildman–Crippen LogP) is 1.28. The van der Waals surface area contributed by atoms with Gasteiger partial charge in [-0.2, -0.15) is 0 Å². The van der Waals surface area contributed by atoms with Crippen molar-refractivity contribution in [1.29, 1.82) is 0 Å². The van der Waals surface area contributed by atoms with Crippen LogP contribution in [0.25, 0.3) is 6.08 Å². The molecule has 0 unspecified atom stereocenters. The van der Waals surface area contributed by atoms with Crippen LogP contribution >= 0.6 is 0 Å². The highest BCUT2D eigenvalue weighted by atomic mass is 16.2. The number of piperazine rings is 1. The van der Waals surface area contributed by atoms with Crippen LogP contribution in [0.3, 0.4) is 0 Å². The summed E-state index contributed by atoms with van der Waals surface area (Å²) in [7, 11) is 9.84. The molecule has 2 heterocycles. The van der Waals surface area contributed by atoms with Crippen molar-refractivity contribution < 1.29 is 4.79 Å². The molecule has 0 aromatic carbocycles. The lowest BCUT2D eigenvalue weighted by Gasteiger charge is -2.36. The van der Waals surface area contributed by atoms with Crippen LogP contribution < -0.4 is 0 Å². The second-order valence-corrected chi connectivity index (χ2v) is 7.89. The molecule has 7 heteroatoms. The topological polar surface area (TPSA) is 47.9 Å². The van der Waals surface area contributed by atoms with Gasteiger partial charge in [0.25, 0.3) is 0 Å². The third-order valence-electron chi connectivity index (χ3n) is 5.19. The second kappa shape index (κ2) is 9.89. The van der Waals surface area contributed by atoms with Gasteiger partial charge in [-0.3, -0.25) is 9.69 Å². The first-order chi connectivity index (χ1) is 13.2. The summed E-state index contributed by atoms with van der Waals surface area (Å²) in [4.78, 5) is 25.0. The minimum Gasteiger partial charge on any atom is -0.369 e. The Morgan fingerprint density at radius 3 is 2.36 bits per heavy atom. The highest BCUT2D eigenvalue weighted by Crippen LogP contribution is 2.16. The zero-order valence-corrected chi connectivity index (χ0v) is 18.4. The van der Waals surface area contributed by atoms with Crippen molar-refractivity contribution in [2.75, 3.05) is 60.9 Å². The Hall–Kier alpha value is -2.12. The molecule has 1 amide bonds. The normalized spacial score (nSPS) is 15.6. The molecule has 2 rings (SSSR count). The van der Waals surface area contributed by atoms with Gasteiger partial charge in [-0.15, -0.1) is 0 Å². The van der Waals surface area contributed by atoms with E-state index in [9.17, 15) is 4.79 Å². The lowest BCUT2D eigenvalue weighted by molar-refractivity contribution is -0.130. The summed E-state index contributed by atoms with van der Waals surface area (Å²) >= 11 is 0. The smallest absolute Gasteiger partial charge is 0.236 e. The second-order valence-electron chi connectivity index (χ2n) is 7.89. The van der Waals surface area contributed by atoms with Gasteiger partial charge in [0.1, 0.15) is 5.82 Å². The average Bonchev–Trinajstić information content (AvgIpc) is 2.95. The molecule has 1 aromatic rings. The molecular formula is C21H36N6O. The Kier molecular flexibility index (Phi) is 7.83. The number of nitrogens with zero attached hydrogens (tertiary/aromatic N) is 6. The average molecular weight is 389 g/mol. The number of aryl methyl sites for hydroxylation is 1. The molecule has 0 spiro atoms. The molecular weight excluding hydrogens is 352 g/mol. The number of likely N-dealkylation sites (N-methyl/N-ethyl adjacent to an activating group) is 1. The van der Waals surface area contributed by atoms with Crippen molar-refractivity contribution >= 4 is 12.0 Å². The Morgan fingerprint density at radius 1 is 1.18 bits per heavy atom. The standard InChI is InChI=1S/C21H36N6O/c1-8-18-19(15-23(3)4)25(7)20(22-18)10-9-17(2)27-13-11-26(12-14-27)16-21(28)24(5)6/h9-10H,2,8,11-16H2,1,3-7H3/b10-9-. The van der Waals surface area contributed by atoms with Crippen LogP contribution in [0.5, 0.6) is 0 Å². The lowest BCUT2D eigenvalue weighted by atomic mass is 10.2. The van der Waals surface area contributed by atoms with Crippen LogP contribution in [0.15, 0.2) is 18.4 Å². The zero-order valence-electron chi connectivity index (χ0n) is 18.4. The van der Waals surface area contributed by atoms with E-state index >= 15 is 0 Å². The van der Waals surface area contributed by atoms with Gasteiger partial charge < -0.3 is 19.3 Å². The SMILES string of the molecule is C=C(/C=C\c1nc(CC)c(CN(C)C)n1C)N1CCN(CC(=O)N(C)C)CC1. The molecule has 0 aliphatic carbocycles. The molecule has 0 radical (unpaired) electrons. The van der Waals surface area contributed by atoms with E-state index in [4.69, 9.17) is 4.98 Å². The van der Waals surface area contributed by atoms with Gasteiger partial charge in [0.05, 0.1) is 17.9 Å². The minimum atomic E-state index is 0.155. The number of carbonyl (C=O) groups is 1. The number of hydrogen-bond donors (Lipinski definition) is 0. The van der Waals surface area contributed by atoms with Crippen molar-refractivity contribution in [3.05, 3.63) is 35.6 Å². The molecule has 0 N–H and O–H groups in total. The summed E-state index contributed by atoms with van der Waals surface area (Å²) in [5.41, 5.74) is 3.41. The van der Waals surface area contributed by atoms with Crippen molar-refractivity contribution in [2.45, 2.75) is 19.9 Å². The number of rotatable bonds is 8. The predicted molar refractivity (Wildman–Crippen MR) is 115 cm³/mol. The summed E-state index contributed by atoms with van der Waals surface area (Å²) in [6.45, 7) is 11.3. The van der Waals surface area contributed by atoms with Crippen molar-refractivity contribution in [3.8, 4) is 0 Å². The van der Waals surface area contributed by atoms with E-state index in [1.165, 1.54) is 5.69 Å². The van der Waals surface area contributed by atoms with Crippen molar-refractivity contribution in [3.63, 3.8) is 0 Å². The zero-order chi connectivity index (χ0) is 20.8. The first-order valence-corrected chi connectivity index (χ1v) is 9.96. The maximum Gasteiger partial charge on any atom is 0.236 e. The van der Waals surface area contributed by atoms with Gasteiger partial charge in [-0.05, 0) is 32.7 Å². The molecule has 0 saturated carbocycles. The number of hydrogen-bond acceptors (Lipinski definition) is 5. The summed E-state index contributed by atoms with van der Waals surface area (Å²) < 4.78 is 2.17. The molecule has 1 aliphatic rings. The Morgan fingerprint density at radius 2 is 1.82 bits per heavy atom. The molecule has 0 bridgehead atoms. The molecule has 1 saturated heterocycles. The monoisotopic (exact) mass is 388 g/mol. The summed E-state index contributed by atoms with van der Waals surface area (Å²) in [6.07, 6.45) is 5.05. The maximum atomic E-state index is 11.9. The van der Waals surface area contributed by atoms with Crippen LogP contribution in [-0.2, 0) is 24.8 Å². The van der Waals surface area contributed by atoms with Gasteiger partial charge in [-0.25, -0.2) is 4.98 Å². The van der Waals surface area contributed by atoms with E-state index in [-0.39, 0.29) is 5.91 Å². The van der Waals surface area contributed by atoms with E-state index in [2.05, 4.69) is 66.1 Å². The van der Waals surface area contributed by atoms with E-state index in [0.717, 1.165) is 56.4 Å². The Labute approximate surface area is 169 Å². The first-order valence-electron chi connectivity index (χ1n) is 9.96. The van der Waals surface area contributed by atoms with Gasteiger partial charge in [0.2, 0.25) is 5.91 Å². The maximum absolute atomic E-state index is 11.9. The Balaban J connectivity index is 1.96. The number of imidazole rings is 1. The molecule has 156 valence electrons. The van der Waals surface area contributed by atoms with Gasteiger partial charge in [0.15, 0.2) is 0 Å². The third kappa shape index (κ3) is 5.69. The van der Waals surface area contributed by atoms with Gasteiger partial charge >= 0.3 is 0 Å². The number of allylic oxidation sites excluding steroid dienone is 1. The number of aromatic nitrogens is 2. The van der Waals surface area contributed by atoms with Gasteiger partial charge in [0, 0.05) is 59.6 Å². The minimum absolute atomic E-state index is 0.155. The van der Waals surface area contributed by atoms with Crippen molar-refractivity contribution in [2.24, 2.45) is 7.05 Å².